The number of aromatic nitrogens is 2. The van der Waals surface area contributed by atoms with Gasteiger partial charge in [0.15, 0.2) is 17.2 Å². The fraction of sp³-hybridized carbons (Fsp3) is 0.500. The Bertz CT molecular complexity index is 1310. The summed E-state index contributed by atoms with van der Waals surface area (Å²) in [6.07, 6.45) is 5.77. The molecule has 220 valence electrons. The zero-order valence-electron chi connectivity index (χ0n) is 24.3. The average molecular weight is 563 g/mol. The first-order chi connectivity index (χ1) is 19.9. The van der Waals surface area contributed by atoms with Crippen molar-refractivity contribution in [2.24, 2.45) is 0 Å². The fourth-order valence-electron chi connectivity index (χ4n) is 6.28. The summed E-state index contributed by atoms with van der Waals surface area (Å²) in [5.41, 5.74) is 2.14. The number of carbonyl (C=O) groups is 1. The zero-order chi connectivity index (χ0) is 28.8. The minimum Gasteiger partial charge on any atom is -0.493 e. The lowest BCUT2D eigenvalue weighted by atomic mass is 9.80. The van der Waals surface area contributed by atoms with E-state index >= 15 is 0 Å². The van der Waals surface area contributed by atoms with Crippen molar-refractivity contribution in [3.8, 4) is 22.8 Å². The van der Waals surface area contributed by atoms with E-state index in [-0.39, 0.29) is 24.6 Å². The predicted octanol–water partition coefficient (Wildman–Crippen LogP) is 4.24. The highest BCUT2D eigenvalue weighted by molar-refractivity contribution is 5.98. The second kappa shape index (κ2) is 13.1. The van der Waals surface area contributed by atoms with Gasteiger partial charge in [0.05, 0.1) is 38.4 Å². The molecular weight excluding hydrogens is 520 g/mol. The third-order valence-corrected chi connectivity index (χ3v) is 8.37. The molecule has 1 aliphatic heterocycles. The van der Waals surface area contributed by atoms with Crippen LogP contribution in [-0.2, 0) is 4.74 Å². The second-order valence-electron chi connectivity index (χ2n) is 11.2. The number of aryl methyl sites for hydroxylation is 1. The van der Waals surface area contributed by atoms with Crippen LogP contribution >= 0.6 is 0 Å². The summed E-state index contributed by atoms with van der Waals surface area (Å²) in [6.45, 7) is 4.67. The smallest absolute Gasteiger partial charge is 0.275 e. The number of ether oxygens (including phenoxy) is 3. The van der Waals surface area contributed by atoms with E-state index < -0.39 is 5.60 Å². The van der Waals surface area contributed by atoms with Crippen LogP contribution in [0.2, 0.25) is 0 Å². The molecule has 3 atom stereocenters. The number of carbonyl (C=O) groups excluding carboxylic acids is 1. The first-order valence-corrected chi connectivity index (χ1v) is 14.6. The fourth-order valence-corrected chi connectivity index (χ4v) is 6.28. The molecule has 9 nitrogen and oxygen atoms in total. The number of nitrogens with one attached hydrogen (secondary N) is 1. The van der Waals surface area contributed by atoms with Crippen molar-refractivity contribution in [1.29, 1.82) is 0 Å². The Morgan fingerprint density at radius 3 is 2.76 bits per heavy atom. The predicted molar refractivity (Wildman–Crippen MR) is 158 cm³/mol. The van der Waals surface area contributed by atoms with Gasteiger partial charge in [0.1, 0.15) is 5.60 Å². The third kappa shape index (κ3) is 6.27. The second-order valence-corrected chi connectivity index (χ2v) is 11.2. The molecule has 0 unspecified atom stereocenters. The number of nitrogens with zero attached hydrogens (tertiary/aromatic N) is 3. The topological polar surface area (TPSA) is 98.1 Å². The summed E-state index contributed by atoms with van der Waals surface area (Å²) in [7, 11) is 3.26. The van der Waals surface area contributed by atoms with Crippen LogP contribution in [0, 0.1) is 6.92 Å². The largest absolute Gasteiger partial charge is 0.493 e. The molecule has 2 heterocycles. The van der Waals surface area contributed by atoms with E-state index in [9.17, 15) is 9.90 Å². The molecular formula is C32H42N4O5. The molecule has 1 aromatic heterocycles. The van der Waals surface area contributed by atoms with Gasteiger partial charge in [0.2, 0.25) is 0 Å². The minimum atomic E-state index is -1.02. The van der Waals surface area contributed by atoms with Crippen LogP contribution < -0.4 is 14.8 Å². The van der Waals surface area contributed by atoms with Crippen LogP contribution in [-0.4, -0.2) is 84.2 Å². The molecule has 3 aromatic rings. The van der Waals surface area contributed by atoms with Crippen molar-refractivity contribution < 1.29 is 24.1 Å². The zero-order valence-corrected chi connectivity index (χ0v) is 24.3. The number of imidazole rings is 1. The number of piperazine rings is 1. The summed E-state index contributed by atoms with van der Waals surface area (Å²) in [6, 6.07) is 15.5. The lowest BCUT2D eigenvalue weighted by molar-refractivity contribution is -0.0893. The Labute approximate surface area is 242 Å². The van der Waals surface area contributed by atoms with E-state index in [1.807, 2.05) is 64.9 Å². The highest BCUT2D eigenvalue weighted by Crippen LogP contribution is 2.41. The number of benzene rings is 2. The lowest BCUT2D eigenvalue weighted by Crippen LogP contribution is -2.54. The van der Waals surface area contributed by atoms with Crippen LogP contribution in [0.5, 0.6) is 11.5 Å². The number of methoxy groups -OCH3 is 2. The summed E-state index contributed by atoms with van der Waals surface area (Å²) >= 11 is 0. The SMILES string of the molecule is COC[C@]1(O)CCCC[C@H]1n1cnc(C(=O)N2CCNC[C@H]2CCOc2ccc(C)cc2OC)c1-c1ccccc1. The molecule has 1 aliphatic carbocycles. The number of rotatable bonds is 10. The molecule has 1 saturated carbocycles. The third-order valence-electron chi connectivity index (χ3n) is 8.37. The standard InChI is InChI=1S/C32H42N4O5/c1-23-12-13-26(27(19-23)40-3)41-18-14-25-20-33-16-17-35(25)31(37)29-30(24-9-5-4-6-10-24)36(22-34-29)28-11-7-8-15-32(28,38)21-39-2/h4-6,9-10,12-13,19,22,25,28,33,38H,7-8,11,14-18,20-21H2,1-3H3/t25-,28-,32-/m1/s1. The van der Waals surface area contributed by atoms with Gasteiger partial charge in [-0.05, 0) is 37.5 Å². The normalized spacial score (nSPS) is 22.9. The molecule has 2 aliphatic rings. The van der Waals surface area contributed by atoms with E-state index in [2.05, 4.69) is 5.32 Å². The number of aliphatic hydroxyl groups is 1. The van der Waals surface area contributed by atoms with Gasteiger partial charge < -0.3 is 34.1 Å². The molecule has 9 heteroatoms. The maximum atomic E-state index is 14.2. The maximum absolute atomic E-state index is 14.2. The molecule has 0 spiro atoms. The monoisotopic (exact) mass is 562 g/mol. The first-order valence-electron chi connectivity index (χ1n) is 14.6. The van der Waals surface area contributed by atoms with Crippen LogP contribution in [0.15, 0.2) is 54.9 Å². The summed E-state index contributed by atoms with van der Waals surface area (Å²) in [4.78, 5) is 20.9. The maximum Gasteiger partial charge on any atom is 0.275 e. The molecule has 0 radical (unpaired) electrons. The lowest BCUT2D eigenvalue weighted by Gasteiger charge is -2.41. The van der Waals surface area contributed by atoms with Crippen molar-refractivity contribution in [1.82, 2.24) is 19.8 Å². The molecule has 2 N–H and O–H groups in total. The van der Waals surface area contributed by atoms with Crippen LogP contribution in [0.4, 0.5) is 0 Å². The van der Waals surface area contributed by atoms with Gasteiger partial charge in [-0.15, -0.1) is 0 Å². The van der Waals surface area contributed by atoms with E-state index in [1.165, 1.54) is 0 Å². The van der Waals surface area contributed by atoms with Crippen molar-refractivity contribution in [3.05, 3.63) is 66.1 Å². The van der Waals surface area contributed by atoms with Crippen LogP contribution in [0.25, 0.3) is 11.3 Å². The summed E-state index contributed by atoms with van der Waals surface area (Å²) < 4.78 is 19.0. The van der Waals surface area contributed by atoms with Crippen molar-refractivity contribution in [2.75, 3.05) is 47.1 Å². The molecule has 41 heavy (non-hydrogen) atoms. The number of amides is 1. The van der Waals surface area contributed by atoms with Gasteiger partial charge in [0, 0.05) is 44.8 Å². The van der Waals surface area contributed by atoms with Gasteiger partial charge in [-0.1, -0.05) is 49.2 Å². The number of hydrogen-bond acceptors (Lipinski definition) is 7. The molecule has 1 saturated heterocycles. The Hall–Kier alpha value is -3.40. The molecule has 2 aromatic carbocycles. The van der Waals surface area contributed by atoms with Crippen molar-refractivity contribution in [3.63, 3.8) is 0 Å². The Morgan fingerprint density at radius 2 is 1.98 bits per heavy atom. The minimum absolute atomic E-state index is 0.0541. The van der Waals surface area contributed by atoms with Gasteiger partial charge in [-0.25, -0.2) is 4.98 Å². The summed E-state index contributed by atoms with van der Waals surface area (Å²) in [5, 5.41) is 15.1. The van der Waals surface area contributed by atoms with E-state index in [1.54, 1.807) is 20.5 Å². The van der Waals surface area contributed by atoms with Crippen LogP contribution in [0.3, 0.4) is 0 Å². The van der Waals surface area contributed by atoms with Gasteiger partial charge >= 0.3 is 0 Å². The quantitative estimate of drug-likeness (QED) is 0.381. The molecule has 5 rings (SSSR count). The Morgan fingerprint density at radius 1 is 1.15 bits per heavy atom. The first kappa shape index (κ1) is 29.1. The molecule has 0 bridgehead atoms. The van der Waals surface area contributed by atoms with Crippen molar-refractivity contribution in [2.45, 2.75) is 56.7 Å². The molecule has 2 fully saturated rings. The summed E-state index contributed by atoms with van der Waals surface area (Å²) in [5.74, 6) is 1.29. The van der Waals surface area contributed by atoms with Gasteiger partial charge in [-0.2, -0.15) is 0 Å². The van der Waals surface area contributed by atoms with E-state index in [4.69, 9.17) is 19.2 Å². The molecule has 1 amide bonds. The van der Waals surface area contributed by atoms with Gasteiger partial charge in [0.25, 0.3) is 5.91 Å². The van der Waals surface area contributed by atoms with E-state index in [0.29, 0.717) is 56.3 Å². The Kier molecular flexibility index (Phi) is 9.27. The number of hydrogen-bond donors (Lipinski definition) is 2. The van der Waals surface area contributed by atoms with Gasteiger partial charge in [-0.3, -0.25) is 4.79 Å². The average Bonchev–Trinajstić information content (AvgIpc) is 3.43. The van der Waals surface area contributed by atoms with Crippen molar-refractivity contribution >= 4 is 5.91 Å². The highest BCUT2D eigenvalue weighted by Gasteiger charge is 2.42. The van der Waals surface area contributed by atoms with Crippen LogP contribution in [0.1, 0.15) is 54.2 Å². The van der Waals surface area contributed by atoms with E-state index in [0.717, 1.165) is 36.1 Å². The Balaban J connectivity index is 1.41. The highest BCUT2D eigenvalue weighted by atomic mass is 16.5.